The lowest BCUT2D eigenvalue weighted by atomic mass is 10.1. The van der Waals surface area contributed by atoms with Crippen molar-refractivity contribution < 1.29 is 9.90 Å². The summed E-state index contributed by atoms with van der Waals surface area (Å²) in [6, 6.07) is 5.31. The van der Waals surface area contributed by atoms with E-state index in [0.29, 0.717) is 23.7 Å². The molecule has 0 bridgehead atoms. The fourth-order valence-electron chi connectivity index (χ4n) is 2.16. The van der Waals surface area contributed by atoms with Crippen molar-refractivity contribution in [1.82, 2.24) is 4.90 Å². The highest BCUT2D eigenvalue weighted by molar-refractivity contribution is 9.10. The van der Waals surface area contributed by atoms with Gasteiger partial charge in [-0.1, -0.05) is 27.5 Å². The molecule has 104 valence electrons. The molecule has 1 unspecified atom stereocenters. The summed E-state index contributed by atoms with van der Waals surface area (Å²) in [4.78, 5) is 13.8. The van der Waals surface area contributed by atoms with Gasteiger partial charge in [0.1, 0.15) is 0 Å². The van der Waals surface area contributed by atoms with Crippen LogP contribution in [0.1, 0.15) is 13.3 Å². The highest BCUT2D eigenvalue weighted by atomic mass is 79.9. The molecule has 0 aliphatic carbocycles. The summed E-state index contributed by atoms with van der Waals surface area (Å²) in [7, 11) is 0. The lowest BCUT2D eigenvalue weighted by molar-refractivity contribution is -0.117. The van der Waals surface area contributed by atoms with Gasteiger partial charge in [-0.3, -0.25) is 9.69 Å². The van der Waals surface area contributed by atoms with Crippen LogP contribution in [0.15, 0.2) is 22.7 Å². The molecule has 0 aromatic heterocycles. The SMILES string of the molecule is CC1(O)CCN(CC(=O)Nc2ccc(Br)cc2Cl)C1. The van der Waals surface area contributed by atoms with Crippen molar-refractivity contribution in [2.24, 2.45) is 0 Å². The number of nitrogens with one attached hydrogen (secondary N) is 1. The minimum Gasteiger partial charge on any atom is -0.389 e. The Balaban J connectivity index is 1.91. The molecule has 1 heterocycles. The Labute approximate surface area is 125 Å². The zero-order valence-electron chi connectivity index (χ0n) is 10.6. The number of aliphatic hydroxyl groups is 1. The van der Waals surface area contributed by atoms with E-state index in [4.69, 9.17) is 11.6 Å². The second kappa shape index (κ2) is 5.79. The molecule has 0 radical (unpaired) electrons. The average Bonchev–Trinajstić information content (AvgIpc) is 2.62. The molecule has 1 amide bonds. The number of halogens is 2. The van der Waals surface area contributed by atoms with Crippen molar-refractivity contribution in [2.75, 3.05) is 25.0 Å². The summed E-state index contributed by atoms with van der Waals surface area (Å²) in [5, 5.41) is 13.1. The molecule has 2 rings (SSSR count). The van der Waals surface area contributed by atoms with Gasteiger partial charge in [-0.25, -0.2) is 0 Å². The molecule has 1 fully saturated rings. The lowest BCUT2D eigenvalue weighted by Gasteiger charge is -2.18. The van der Waals surface area contributed by atoms with Crippen LogP contribution >= 0.6 is 27.5 Å². The Bertz CT molecular complexity index is 494. The largest absolute Gasteiger partial charge is 0.389 e. The zero-order chi connectivity index (χ0) is 14.0. The molecule has 2 N–H and O–H groups in total. The predicted molar refractivity (Wildman–Crippen MR) is 79.5 cm³/mol. The van der Waals surface area contributed by atoms with Gasteiger partial charge >= 0.3 is 0 Å². The maximum absolute atomic E-state index is 11.9. The van der Waals surface area contributed by atoms with E-state index in [1.165, 1.54) is 0 Å². The monoisotopic (exact) mass is 346 g/mol. The number of hydrogen-bond donors (Lipinski definition) is 2. The summed E-state index contributed by atoms with van der Waals surface area (Å²) in [5.41, 5.74) is -0.0870. The van der Waals surface area contributed by atoms with E-state index in [2.05, 4.69) is 21.2 Å². The van der Waals surface area contributed by atoms with Crippen LogP contribution in [0.4, 0.5) is 5.69 Å². The van der Waals surface area contributed by atoms with Crippen LogP contribution in [0.3, 0.4) is 0 Å². The normalized spacial score (nSPS) is 23.6. The van der Waals surface area contributed by atoms with Crippen molar-refractivity contribution in [3.05, 3.63) is 27.7 Å². The number of benzene rings is 1. The van der Waals surface area contributed by atoms with E-state index in [9.17, 15) is 9.90 Å². The number of anilines is 1. The first-order valence-corrected chi connectivity index (χ1v) is 7.22. The average molecular weight is 348 g/mol. The third-order valence-corrected chi connectivity index (χ3v) is 3.91. The number of nitrogens with zero attached hydrogens (tertiary/aromatic N) is 1. The molecular formula is C13H16BrClN2O2. The van der Waals surface area contributed by atoms with Crippen LogP contribution in [0, 0.1) is 0 Å². The van der Waals surface area contributed by atoms with Crippen molar-refractivity contribution in [1.29, 1.82) is 0 Å². The molecule has 1 saturated heterocycles. The molecule has 19 heavy (non-hydrogen) atoms. The van der Waals surface area contributed by atoms with Gasteiger partial charge in [-0.2, -0.15) is 0 Å². The molecule has 0 spiro atoms. The molecule has 1 aliphatic rings. The number of rotatable bonds is 3. The number of carbonyl (C=O) groups excluding carboxylic acids is 1. The van der Waals surface area contributed by atoms with Crippen molar-refractivity contribution in [2.45, 2.75) is 18.9 Å². The topological polar surface area (TPSA) is 52.6 Å². The van der Waals surface area contributed by atoms with Gasteiger partial charge in [0, 0.05) is 17.6 Å². The number of hydrogen-bond acceptors (Lipinski definition) is 3. The highest BCUT2D eigenvalue weighted by Gasteiger charge is 2.32. The first kappa shape index (κ1) is 14.8. The summed E-state index contributed by atoms with van der Waals surface area (Å²) in [6.07, 6.45) is 0.694. The van der Waals surface area contributed by atoms with Crippen LogP contribution < -0.4 is 5.32 Å². The molecule has 6 heteroatoms. The van der Waals surface area contributed by atoms with E-state index in [0.717, 1.165) is 11.0 Å². The maximum atomic E-state index is 11.9. The molecule has 1 aromatic rings. The molecule has 1 atom stereocenters. The number of carbonyl (C=O) groups is 1. The standard InChI is InChI=1S/C13H16BrClN2O2/c1-13(19)4-5-17(8-13)7-12(18)16-11-3-2-9(14)6-10(11)15/h2-3,6,19H,4-5,7-8H2,1H3,(H,16,18). The summed E-state index contributed by atoms with van der Waals surface area (Å²) in [5.74, 6) is -0.123. The van der Waals surface area contributed by atoms with Crippen LogP contribution in [-0.4, -0.2) is 41.1 Å². The Kier molecular flexibility index (Phi) is 4.50. The minimum atomic E-state index is -0.685. The van der Waals surface area contributed by atoms with Crippen LogP contribution in [0.5, 0.6) is 0 Å². The Morgan fingerprint density at radius 3 is 2.95 bits per heavy atom. The Morgan fingerprint density at radius 2 is 2.37 bits per heavy atom. The highest BCUT2D eigenvalue weighted by Crippen LogP contribution is 2.26. The molecule has 1 aromatic carbocycles. The fourth-order valence-corrected chi connectivity index (χ4v) is 2.88. The Hall–Kier alpha value is -0.620. The number of β-amino-alcohol motifs (C(OH)–C–C–N with tert-alkyl or cyclic N) is 1. The molecule has 1 aliphatic heterocycles. The summed E-state index contributed by atoms with van der Waals surface area (Å²) < 4.78 is 0.867. The van der Waals surface area contributed by atoms with Gasteiger partial charge in [0.05, 0.1) is 22.9 Å². The quantitative estimate of drug-likeness (QED) is 0.883. The minimum absolute atomic E-state index is 0.123. The van der Waals surface area contributed by atoms with Crippen molar-refractivity contribution in [3.8, 4) is 0 Å². The Morgan fingerprint density at radius 1 is 1.63 bits per heavy atom. The summed E-state index contributed by atoms with van der Waals surface area (Å²) >= 11 is 9.35. The van der Waals surface area contributed by atoms with Gasteiger partial charge in [-0.05, 0) is 31.5 Å². The van der Waals surface area contributed by atoms with E-state index in [-0.39, 0.29) is 12.5 Å². The van der Waals surface area contributed by atoms with Crippen LogP contribution in [0.2, 0.25) is 5.02 Å². The fraction of sp³-hybridized carbons (Fsp3) is 0.462. The zero-order valence-corrected chi connectivity index (χ0v) is 13.0. The lowest BCUT2D eigenvalue weighted by Crippen LogP contribution is -2.35. The number of likely N-dealkylation sites (tertiary alicyclic amines) is 1. The van der Waals surface area contributed by atoms with Crippen LogP contribution in [-0.2, 0) is 4.79 Å². The van der Waals surface area contributed by atoms with Crippen molar-refractivity contribution >= 4 is 39.1 Å². The molecular weight excluding hydrogens is 332 g/mol. The van der Waals surface area contributed by atoms with E-state index in [1.807, 2.05) is 11.0 Å². The van der Waals surface area contributed by atoms with Crippen LogP contribution in [0.25, 0.3) is 0 Å². The third kappa shape index (κ3) is 4.18. The van der Waals surface area contributed by atoms with Gasteiger partial charge in [0.25, 0.3) is 0 Å². The van der Waals surface area contributed by atoms with E-state index in [1.54, 1.807) is 19.1 Å². The van der Waals surface area contributed by atoms with Gasteiger partial charge in [0.2, 0.25) is 5.91 Å². The summed E-state index contributed by atoms with van der Waals surface area (Å²) in [6.45, 7) is 3.31. The maximum Gasteiger partial charge on any atom is 0.238 e. The van der Waals surface area contributed by atoms with E-state index < -0.39 is 5.60 Å². The van der Waals surface area contributed by atoms with Crippen molar-refractivity contribution in [3.63, 3.8) is 0 Å². The smallest absolute Gasteiger partial charge is 0.238 e. The third-order valence-electron chi connectivity index (χ3n) is 3.10. The molecule has 4 nitrogen and oxygen atoms in total. The predicted octanol–water partition coefficient (Wildman–Crippen LogP) is 2.50. The molecule has 0 saturated carbocycles. The van der Waals surface area contributed by atoms with Gasteiger partial charge in [-0.15, -0.1) is 0 Å². The number of amides is 1. The first-order valence-electron chi connectivity index (χ1n) is 6.05. The second-order valence-corrected chi connectivity index (χ2v) is 6.45. The van der Waals surface area contributed by atoms with E-state index >= 15 is 0 Å². The first-order chi connectivity index (χ1) is 8.85. The van der Waals surface area contributed by atoms with Gasteiger partial charge in [0.15, 0.2) is 0 Å². The second-order valence-electron chi connectivity index (χ2n) is 5.13. The van der Waals surface area contributed by atoms with Gasteiger partial charge < -0.3 is 10.4 Å².